The van der Waals surface area contributed by atoms with E-state index >= 15 is 0 Å². The predicted octanol–water partition coefficient (Wildman–Crippen LogP) is 3.47. The van der Waals surface area contributed by atoms with Gasteiger partial charge in [0, 0.05) is 29.5 Å². The molecule has 1 aromatic heterocycles. The third-order valence-electron chi connectivity index (χ3n) is 5.16. The fourth-order valence-electron chi connectivity index (χ4n) is 4.14. The topological polar surface area (TPSA) is 38.1 Å². The first-order valence-corrected chi connectivity index (χ1v) is 8.63. The van der Waals surface area contributed by atoms with Crippen LogP contribution in [-0.2, 0) is 11.2 Å². The summed E-state index contributed by atoms with van der Waals surface area (Å²) in [5.74, 6) is 0.249. The van der Waals surface area contributed by atoms with Gasteiger partial charge in [0.2, 0.25) is 5.91 Å². The number of halogens is 1. The summed E-state index contributed by atoms with van der Waals surface area (Å²) in [6.07, 6.45) is 8.62. The van der Waals surface area contributed by atoms with Crippen molar-refractivity contribution in [1.82, 2.24) is 14.7 Å². The number of hydrogen-bond donors (Lipinski definition) is 0. The van der Waals surface area contributed by atoms with E-state index in [0.717, 1.165) is 31.2 Å². The minimum atomic E-state index is 0.249. The highest BCUT2D eigenvalue weighted by molar-refractivity contribution is 6.30. The lowest BCUT2D eigenvalue weighted by atomic mass is 9.96. The molecule has 0 spiro atoms. The fraction of sp³-hybridized carbons (Fsp3) is 0.444. The fourth-order valence-corrected chi connectivity index (χ4v) is 4.26. The molecule has 2 aliphatic rings. The highest BCUT2D eigenvalue weighted by atomic mass is 35.5. The highest BCUT2D eigenvalue weighted by Crippen LogP contribution is 2.40. The number of fused-ring (bicyclic) bond motifs is 2. The van der Waals surface area contributed by atoms with Gasteiger partial charge in [0.05, 0.1) is 12.5 Å². The van der Waals surface area contributed by atoms with Gasteiger partial charge < -0.3 is 4.90 Å². The van der Waals surface area contributed by atoms with Crippen molar-refractivity contribution in [3.8, 4) is 0 Å². The average Bonchev–Trinajstić information content (AvgIpc) is 3.16. The Labute approximate surface area is 141 Å². The molecule has 2 bridgehead atoms. The van der Waals surface area contributed by atoms with E-state index in [0.29, 0.717) is 29.6 Å². The summed E-state index contributed by atoms with van der Waals surface area (Å²) in [5, 5.41) is 5.09. The minimum Gasteiger partial charge on any atom is -0.336 e. The lowest BCUT2D eigenvalue weighted by Crippen LogP contribution is -2.47. The van der Waals surface area contributed by atoms with Crippen LogP contribution in [0.1, 0.15) is 37.3 Å². The van der Waals surface area contributed by atoms with Crippen LogP contribution >= 0.6 is 11.6 Å². The molecule has 2 unspecified atom stereocenters. The number of amides is 1. The molecule has 0 radical (unpaired) electrons. The summed E-state index contributed by atoms with van der Waals surface area (Å²) in [5.41, 5.74) is 1.04. The van der Waals surface area contributed by atoms with Crippen molar-refractivity contribution in [1.29, 1.82) is 0 Å². The van der Waals surface area contributed by atoms with E-state index < -0.39 is 0 Å². The number of carbonyl (C=O) groups excluding carboxylic acids is 1. The Morgan fingerprint density at radius 3 is 2.43 bits per heavy atom. The molecule has 3 heterocycles. The van der Waals surface area contributed by atoms with Gasteiger partial charge in [-0.05, 0) is 49.4 Å². The Morgan fingerprint density at radius 1 is 1.13 bits per heavy atom. The van der Waals surface area contributed by atoms with Gasteiger partial charge in [0.25, 0.3) is 0 Å². The lowest BCUT2D eigenvalue weighted by molar-refractivity contribution is -0.135. The minimum absolute atomic E-state index is 0.249. The van der Waals surface area contributed by atoms with E-state index in [1.54, 1.807) is 0 Å². The molecule has 2 aliphatic heterocycles. The van der Waals surface area contributed by atoms with Gasteiger partial charge in [-0.15, -0.1) is 0 Å². The number of carbonyl (C=O) groups is 1. The Balaban J connectivity index is 1.46. The number of nitrogens with zero attached hydrogens (tertiary/aromatic N) is 3. The summed E-state index contributed by atoms with van der Waals surface area (Å²) < 4.78 is 2.06. The zero-order valence-corrected chi connectivity index (χ0v) is 13.7. The molecule has 2 atom stereocenters. The van der Waals surface area contributed by atoms with E-state index in [4.69, 9.17) is 11.6 Å². The van der Waals surface area contributed by atoms with Crippen molar-refractivity contribution in [2.45, 2.75) is 50.2 Å². The molecule has 2 saturated heterocycles. The molecule has 4 rings (SSSR count). The SMILES string of the molecule is O=C(Cc1ccc(Cl)cc1)N1C2CCC1CC(n1cccn1)C2. The van der Waals surface area contributed by atoms with E-state index in [1.165, 1.54) is 0 Å². The van der Waals surface area contributed by atoms with Gasteiger partial charge in [-0.2, -0.15) is 5.10 Å². The molecule has 0 saturated carbocycles. The molecular weight excluding hydrogens is 310 g/mol. The second kappa shape index (κ2) is 6.00. The summed E-state index contributed by atoms with van der Waals surface area (Å²) in [6, 6.07) is 10.7. The van der Waals surface area contributed by atoms with Gasteiger partial charge in [-0.25, -0.2) is 0 Å². The zero-order chi connectivity index (χ0) is 15.8. The second-order valence-corrected chi connectivity index (χ2v) is 7.04. The van der Waals surface area contributed by atoms with Crippen LogP contribution in [0.25, 0.3) is 0 Å². The van der Waals surface area contributed by atoms with Gasteiger partial charge in [0.1, 0.15) is 0 Å². The average molecular weight is 330 g/mol. The normalized spacial score (nSPS) is 26.5. The number of hydrogen-bond acceptors (Lipinski definition) is 2. The van der Waals surface area contributed by atoms with Crippen LogP contribution in [0.2, 0.25) is 5.02 Å². The van der Waals surface area contributed by atoms with Crippen molar-refractivity contribution in [3.05, 3.63) is 53.3 Å². The van der Waals surface area contributed by atoms with Gasteiger partial charge >= 0.3 is 0 Å². The Kier molecular flexibility index (Phi) is 3.85. The molecule has 23 heavy (non-hydrogen) atoms. The van der Waals surface area contributed by atoms with Gasteiger partial charge in [-0.3, -0.25) is 9.48 Å². The monoisotopic (exact) mass is 329 g/mol. The number of rotatable bonds is 3. The van der Waals surface area contributed by atoms with Crippen molar-refractivity contribution >= 4 is 17.5 Å². The van der Waals surface area contributed by atoms with Crippen LogP contribution in [0.3, 0.4) is 0 Å². The number of benzene rings is 1. The van der Waals surface area contributed by atoms with E-state index in [2.05, 4.69) is 14.7 Å². The van der Waals surface area contributed by atoms with Crippen LogP contribution in [0.15, 0.2) is 42.7 Å². The molecule has 5 heteroatoms. The van der Waals surface area contributed by atoms with Gasteiger partial charge in [-0.1, -0.05) is 23.7 Å². The molecule has 0 N–H and O–H groups in total. The number of piperidine rings is 1. The molecular formula is C18H20ClN3O. The Morgan fingerprint density at radius 2 is 1.83 bits per heavy atom. The maximum atomic E-state index is 12.8. The summed E-state index contributed by atoms with van der Waals surface area (Å²) in [7, 11) is 0. The van der Waals surface area contributed by atoms with Crippen LogP contribution in [0.5, 0.6) is 0 Å². The molecule has 2 aromatic rings. The molecule has 1 aromatic carbocycles. The zero-order valence-electron chi connectivity index (χ0n) is 12.9. The van der Waals surface area contributed by atoms with Crippen molar-refractivity contribution in [3.63, 3.8) is 0 Å². The molecule has 4 nitrogen and oxygen atoms in total. The first kappa shape index (κ1) is 14.8. The van der Waals surface area contributed by atoms with Gasteiger partial charge in [0.15, 0.2) is 0 Å². The second-order valence-electron chi connectivity index (χ2n) is 6.60. The van der Waals surface area contributed by atoms with Crippen LogP contribution in [0, 0.1) is 0 Å². The Bertz CT molecular complexity index is 669. The lowest BCUT2D eigenvalue weighted by Gasteiger charge is -2.39. The maximum Gasteiger partial charge on any atom is 0.227 e. The quantitative estimate of drug-likeness (QED) is 0.864. The smallest absolute Gasteiger partial charge is 0.227 e. The summed E-state index contributed by atoms with van der Waals surface area (Å²) in [6.45, 7) is 0. The molecule has 2 fully saturated rings. The predicted molar refractivity (Wildman–Crippen MR) is 89.3 cm³/mol. The summed E-state index contributed by atoms with van der Waals surface area (Å²) >= 11 is 5.91. The standard InChI is InChI=1S/C18H20ClN3O/c19-14-4-2-13(3-5-14)10-18(23)22-15-6-7-16(22)12-17(11-15)21-9-1-8-20-21/h1-5,8-9,15-17H,6-7,10-12H2. The van der Waals surface area contributed by atoms with Crippen molar-refractivity contribution in [2.75, 3.05) is 0 Å². The third kappa shape index (κ3) is 2.88. The Hall–Kier alpha value is -1.81. The van der Waals surface area contributed by atoms with Crippen LogP contribution in [-0.4, -0.2) is 32.7 Å². The van der Waals surface area contributed by atoms with Crippen molar-refractivity contribution < 1.29 is 4.79 Å². The first-order chi connectivity index (χ1) is 11.2. The van der Waals surface area contributed by atoms with E-state index in [1.807, 2.05) is 42.7 Å². The third-order valence-corrected chi connectivity index (χ3v) is 5.42. The molecule has 1 amide bonds. The van der Waals surface area contributed by atoms with E-state index in [-0.39, 0.29) is 5.91 Å². The molecule has 0 aliphatic carbocycles. The van der Waals surface area contributed by atoms with Crippen LogP contribution in [0.4, 0.5) is 0 Å². The first-order valence-electron chi connectivity index (χ1n) is 8.25. The van der Waals surface area contributed by atoms with Crippen LogP contribution < -0.4 is 0 Å². The largest absolute Gasteiger partial charge is 0.336 e. The summed E-state index contributed by atoms with van der Waals surface area (Å²) in [4.78, 5) is 14.9. The number of aromatic nitrogens is 2. The highest BCUT2D eigenvalue weighted by Gasteiger charge is 2.43. The van der Waals surface area contributed by atoms with Crippen molar-refractivity contribution in [2.24, 2.45) is 0 Å². The van der Waals surface area contributed by atoms with E-state index in [9.17, 15) is 4.79 Å². The maximum absolute atomic E-state index is 12.8. The molecule has 120 valence electrons.